The zero-order valence-electron chi connectivity index (χ0n) is 14.0. The zero-order valence-corrected chi connectivity index (χ0v) is 14.0. The second-order valence-corrected chi connectivity index (χ2v) is 6.70. The smallest absolute Gasteiger partial charge is 0.128 e. The molecule has 1 N–H and O–H groups in total. The number of nitrogens with one attached hydrogen (secondary N) is 1. The first-order chi connectivity index (χ1) is 9.97. The minimum atomic E-state index is -0.101. The number of ether oxygens (including phenoxy) is 2. The van der Waals surface area contributed by atoms with E-state index in [1.807, 2.05) is 12.1 Å². The SMILES string of the molecule is CCNC1CC(C)(CCC(C)C)Oc2cc(OC)ccc21. The summed E-state index contributed by atoms with van der Waals surface area (Å²) < 4.78 is 11.7. The van der Waals surface area contributed by atoms with Crippen LogP contribution in [0, 0.1) is 5.92 Å². The Labute approximate surface area is 129 Å². The fourth-order valence-electron chi connectivity index (χ4n) is 3.04. The summed E-state index contributed by atoms with van der Waals surface area (Å²) in [4.78, 5) is 0. The quantitative estimate of drug-likeness (QED) is 0.846. The Morgan fingerprint density at radius 3 is 2.81 bits per heavy atom. The van der Waals surface area contributed by atoms with E-state index < -0.39 is 0 Å². The lowest BCUT2D eigenvalue weighted by molar-refractivity contribution is 0.0349. The van der Waals surface area contributed by atoms with E-state index in [1.54, 1.807) is 7.11 Å². The molecule has 1 aliphatic heterocycles. The van der Waals surface area contributed by atoms with E-state index >= 15 is 0 Å². The molecular formula is C18H29NO2. The number of hydrogen-bond donors (Lipinski definition) is 1. The molecule has 0 saturated heterocycles. The molecule has 2 atom stereocenters. The van der Waals surface area contributed by atoms with Gasteiger partial charge in [0.2, 0.25) is 0 Å². The normalized spacial score (nSPS) is 24.6. The van der Waals surface area contributed by atoms with Crippen molar-refractivity contribution in [2.45, 2.75) is 58.6 Å². The molecule has 0 bridgehead atoms. The largest absolute Gasteiger partial charge is 0.497 e. The van der Waals surface area contributed by atoms with Gasteiger partial charge >= 0.3 is 0 Å². The molecule has 0 aliphatic carbocycles. The van der Waals surface area contributed by atoms with Gasteiger partial charge in [0.05, 0.1) is 7.11 Å². The van der Waals surface area contributed by atoms with Gasteiger partial charge in [0, 0.05) is 24.1 Å². The van der Waals surface area contributed by atoms with Crippen LogP contribution in [0.4, 0.5) is 0 Å². The summed E-state index contributed by atoms with van der Waals surface area (Å²) in [7, 11) is 1.70. The predicted octanol–water partition coefficient (Wildman–Crippen LogP) is 4.32. The molecule has 3 heteroatoms. The predicted molar refractivity (Wildman–Crippen MR) is 87.1 cm³/mol. The van der Waals surface area contributed by atoms with Crippen molar-refractivity contribution in [3.8, 4) is 11.5 Å². The number of benzene rings is 1. The summed E-state index contributed by atoms with van der Waals surface area (Å²) in [5.41, 5.74) is 1.15. The zero-order chi connectivity index (χ0) is 15.5. The van der Waals surface area contributed by atoms with Crippen molar-refractivity contribution in [3.05, 3.63) is 23.8 Å². The van der Waals surface area contributed by atoms with Crippen LogP contribution in [0.5, 0.6) is 11.5 Å². The van der Waals surface area contributed by atoms with Gasteiger partial charge in [0.25, 0.3) is 0 Å². The van der Waals surface area contributed by atoms with Crippen molar-refractivity contribution in [1.29, 1.82) is 0 Å². The third-order valence-electron chi connectivity index (χ3n) is 4.29. The second kappa shape index (κ2) is 6.69. The fraction of sp³-hybridized carbons (Fsp3) is 0.667. The van der Waals surface area contributed by atoms with Gasteiger partial charge in [-0.25, -0.2) is 0 Å². The lowest BCUT2D eigenvalue weighted by Crippen LogP contribution is -2.42. The maximum atomic E-state index is 6.37. The molecule has 1 heterocycles. The maximum absolute atomic E-state index is 6.37. The van der Waals surface area contributed by atoms with Crippen LogP contribution in [0.2, 0.25) is 0 Å². The monoisotopic (exact) mass is 291 g/mol. The Bertz CT molecular complexity index is 472. The van der Waals surface area contributed by atoms with Gasteiger partial charge in [-0.1, -0.05) is 26.8 Å². The molecule has 0 spiro atoms. The average Bonchev–Trinajstić information content (AvgIpc) is 2.45. The molecule has 1 aromatic carbocycles. The van der Waals surface area contributed by atoms with Gasteiger partial charge in [0.1, 0.15) is 17.1 Å². The van der Waals surface area contributed by atoms with Crippen LogP contribution in [0.15, 0.2) is 18.2 Å². The van der Waals surface area contributed by atoms with E-state index in [-0.39, 0.29) is 5.60 Å². The van der Waals surface area contributed by atoms with Crippen molar-refractivity contribution < 1.29 is 9.47 Å². The van der Waals surface area contributed by atoms with E-state index in [9.17, 15) is 0 Å². The second-order valence-electron chi connectivity index (χ2n) is 6.70. The topological polar surface area (TPSA) is 30.5 Å². The molecule has 1 aromatic rings. The number of methoxy groups -OCH3 is 1. The Kier molecular flexibility index (Phi) is 5.15. The molecule has 118 valence electrons. The van der Waals surface area contributed by atoms with Crippen molar-refractivity contribution in [2.75, 3.05) is 13.7 Å². The minimum Gasteiger partial charge on any atom is -0.497 e. The van der Waals surface area contributed by atoms with Crippen molar-refractivity contribution in [2.24, 2.45) is 5.92 Å². The Morgan fingerprint density at radius 2 is 2.19 bits per heavy atom. The van der Waals surface area contributed by atoms with E-state index in [4.69, 9.17) is 9.47 Å². The van der Waals surface area contributed by atoms with Crippen LogP contribution in [0.25, 0.3) is 0 Å². The van der Waals surface area contributed by atoms with Crippen LogP contribution >= 0.6 is 0 Å². The lowest BCUT2D eigenvalue weighted by Gasteiger charge is -2.41. The summed E-state index contributed by atoms with van der Waals surface area (Å²) in [6, 6.07) is 6.53. The highest BCUT2D eigenvalue weighted by atomic mass is 16.5. The van der Waals surface area contributed by atoms with E-state index in [0.29, 0.717) is 12.0 Å². The van der Waals surface area contributed by atoms with Gasteiger partial charge in [0.15, 0.2) is 0 Å². The molecule has 1 aliphatic rings. The van der Waals surface area contributed by atoms with Crippen molar-refractivity contribution >= 4 is 0 Å². The fourth-order valence-corrected chi connectivity index (χ4v) is 3.04. The lowest BCUT2D eigenvalue weighted by atomic mass is 9.84. The van der Waals surface area contributed by atoms with Crippen LogP contribution in [0.3, 0.4) is 0 Å². The molecular weight excluding hydrogens is 262 g/mol. The van der Waals surface area contributed by atoms with Crippen LogP contribution < -0.4 is 14.8 Å². The molecule has 0 radical (unpaired) electrons. The van der Waals surface area contributed by atoms with Gasteiger partial charge in [-0.05, 0) is 38.3 Å². The molecule has 0 amide bonds. The van der Waals surface area contributed by atoms with Crippen LogP contribution in [0.1, 0.15) is 58.6 Å². The summed E-state index contributed by atoms with van der Waals surface area (Å²) >= 11 is 0. The first-order valence-corrected chi connectivity index (χ1v) is 8.07. The van der Waals surface area contributed by atoms with Gasteiger partial charge in [-0.15, -0.1) is 0 Å². The third kappa shape index (κ3) is 3.91. The number of rotatable bonds is 6. The average molecular weight is 291 g/mol. The van der Waals surface area contributed by atoms with Gasteiger partial charge in [-0.2, -0.15) is 0 Å². The minimum absolute atomic E-state index is 0.101. The van der Waals surface area contributed by atoms with Crippen LogP contribution in [-0.2, 0) is 0 Å². The molecule has 2 rings (SSSR count). The standard InChI is InChI=1S/C18H29NO2/c1-6-19-16-12-18(4,10-9-13(2)3)21-17-11-14(20-5)7-8-15(16)17/h7-8,11,13,16,19H,6,9-10,12H2,1-5H3. The Balaban J connectivity index is 2.26. The Morgan fingerprint density at radius 1 is 1.43 bits per heavy atom. The van der Waals surface area contributed by atoms with E-state index in [0.717, 1.165) is 30.9 Å². The summed E-state index contributed by atoms with van der Waals surface area (Å²) in [6.45, 7) is 9.90. The third-order valence-corrected chi connectivity index (χ3v) is 4.29. The van der Waals surface area contributed by atoms with Gasteiger partial charge < -0.3 is 14.8 Å². The molecule has 21 heavy (non-hydrogen) atoms. The van der Waals surface area contributed by atoms with E-state index in [2.05, 4.69) is 39.1 Å². The molecule has 0 aromatic heterocycles. The summed E-state index contributed by atoms with van der Waals surface area (Å²) in [5, 5.41) is 3.60. The number of fused-ring (bicyclic) bond motifs is 1. The first-order valence-electron chi connectivity index (χ1n) is 8.07. The van der Waals surface area contributed by atoms with E-state index in [1.165, 1.54) is 12.0 Å². The molecule has 3 nitrogen and oxygen atoms in total. The summed E-state index contributed by atoms with van der Waals surface area (Å²) in [5.74, 6) is 2.53. The van der Waals surface area contributed by atoms with Crippen molar-refractivity contribution in [1.82, 2.24) is 5.32 Å². The molecule has 0 saturated carbocycles. The van der Waals surface area contributed by atoms with Gasteiger partial charge in [-0.3, -0.25) is 0 Å². The highest BCUT2D eigenvalue weighted by Gasteiger charge is 2.37. The Hall–Kier alpha value is -1.22. The maximum Gasteiger partial charge on any atom is 0.128 e. The van der Waals surface area contributed by atoms with Crippen molar-refractivity contribution in [3.63, 3.8) is 0 Å². The highest BCUT2D eigenvalue weighted by Crippen LogP contribution is 2.43. The molecule has 0 fully saturated rings. The highest BCUT2D eigenvalue weighted by molar-refractivity contribution is 5.44. The number of hydrogen-bond acceptors (Lipinski definition) is 3. The van der Waals surface area contributed by atoms with Crippen LogP contribution in [-0.4, -0.2) is 19.3 Å². The summed E-state index contributed by atoms with van der Waals surface area (Å²) in [6.07, 6.45) is 3.30. The molecule has 2 unspecified atom stereocenters. The first kappa shape index (κ1) is 16.2.